The van der Waals surface area contributed by atoms with E-state index >= 15 is 0 Å². The molecule has 1 aromatic carbocycles. The molecule has 5 nitrogen and oxygen atoms in total. The van der Waals surface area contributed by atoms with E-state index in [1.54, 1.807) is 18.3 Å². The van der Waals surface area contributed by atoms with Crippen molar-refractivity contribution in [2.45, 2.75) is 0 Å². The van der Waals surface area contributed by atoms with Crippen molar-refractivity contribution in [2.24, 2.45) is 5.34 Å². The van der Waals surface area contributed by atoms with Gasteiger partial charge in [0.2, 0.25) is 0 Å². The van der Waals surface area contributed by atoms with Gasteiger partial charge in [0.25, 0.3) is 0 Å². The number of fused-ring (bicyclic) bond motifs is 1. The molecule has 0 bridgehead atoms. The standard InChI is InChI=1S/C9H7NO.Cu.HNO2/c11-8-5-1-3-7-4-2-6-10-9(7)8;;2-1-3/h1-6,11H;;(H,2,3)/p-1. The normalized spacial score (nSPS) is 8.27. The van der Waals surface area contributed by atoms with Crippen molar-refractivity contribution >= 4 is 10.9 Å². The molecule has 1 radical (unpaired) electrons. The van der Waals surface area contributed by atoms with Crippen LogP contribution in [0.4, 0.5) is 0 Å². The van der Waals surface area contributed by atoms with Gasteiger partial charge in [-0.3, -0.25) is 4.98 Å². The van der Waals surface area contributed by atoms with Crippen LogP contribution in [-0.2, 0) is 17.1 Å². The zero-order chi connectivity index (χ0) is 10.4. The van der Waals surface area contributed by atoms with Crippen LogP contribution in [0.25, 0.3) is 10.9 Å². The van der Waals surface area contributed by atoms with Gasteiger partial charge in [-0.2, -0.15) is 0 Å². The second-order valence-electron chi connectivity index (χ2n) is 2.43. The second-order valence-corrected chi connectivity index (χ2v) is 2.43. The van der Waals surface area contributed by atoms with E-state index in [9.17, 15) is 5.11 Å². The molecule has 1 heterocycles. The number of aromatic hydroxyl groups is 1. The molecule has 0 fully saturated rings. The van der Waals surface area contributed by atoms with Crippen molar-refractivity contribution in [2.75, 3.05) is 0 Å². The molecule has 0 atom stereocenters. The fourth-order valence-corrected chi connectivity index (χ4v) is 1.09. The molecule has 0 aliphatic heterocycles. The molecule has 1 N–H and O–H groups in total. The molecular weight excluding hydrogens is 248 g/mol. The topological polar surface area (TPSA) is 85.6 Å². The molecule has 0 spiro atoms. The number of nitrogens with zero attached hydrogens (tertiary/aromatic N) is 2. The summed E-state index contributed by atoms with van der Waals surface area (Å²) in [5.41, 5.74) is 0.662. The summed E-state index contributed by atoms with van der Waals surface area (Å²) in [6, 6.07) is 9.13. The van der Waals surface area contributed by atoms with Crippen LogP contribution in [0.2, 0.25) is 0 Å². The van der Waals surface area contributed by atoms with Gasteiger partial charge < -0.3 is 15.2 Å². The van der Waals surface area contributed by atoms with E-state index < -0.39 is 0 Å². The van der Waals surface area contributed by atoms with Crippen molar-refractivity contribution in [3.8, 4) is 5.75 Å². The maximum absolute atomic E-state index is 9.31. The first-order chi connectivity index (χ1) is 6.79. The summed E-state index contributed by atoms with van der Waals surface area (Å²) < 4.78 is 0. The first-order valence-corrected chi connectivity index (χ1v) is 3.77. The second kappa shape index (κ2) is 6.75. The Morgan fingerprint density at radius 2 is 1.87 bits per heavy atom. The monoisotopic (exact) mass is 254 g/mol. The van der Waals surface area contributed by atoms with E-state index in [0.29, 0.717) is 5.52 Å². The van der Waals surface area contributed by atoms with E-state index in [1.165, 1.54) is 0 Å². The Hall–Kier alpha value is -1.65. The summed E-state index contributed by atoms with van der Waals surface area (Å²) in [6.07, 6.45) is 1.67. The number of aromatic nitrogens is 1. The Morgan fingerprint density at radius 3 is 2.47 bits per heavy atom. The van der Waals surface area contributed by atoms with E-state index in [1.807, 2.05) is 18.2 Å². The summed E-state index contributed by atoms with van der Waals surface area (Å²) in [5.74, 6) is 0.239. The molecule has 2 aromatic rings. The van der Waals surface area contributed by atoms with Gasteiger partial charge in [-0.05, 0) is 12.1 Å². The largest absolute Gasteiger partial charge is 0.506 e. The Labute approximate surface area is 96.2 Å². The van der Waals surface area contributed by atoms with Gasteiger partial charge in [-0.1, -0.05) is 18.2 Å². The Morgan fingerprint density at radius 1 is 1.27 bits per heavy atom. The average Bonchev–Trinajstić information content (AvgIpc) is 2.20. The zero-order valence-corrected chi connectivity index (χ0v) is 8.37. The number of hydrogen-bond acceptors (Lipinski definition) is 5. The summed E-state index contributed by atoms with van der Waals surface area (Å²) in [6.45, 7) is 0. The van der Waals surface area contributed by atoms with E-state index in [4.69, 9.17) is 10.1 Å². The molecule has 0 unspecified atom stereocenters. The van der Waals surface area contributed by atoms with Crippen molar-refractivity contribution in [3.05, 3.63) is 46.6 Å². The molecule has 0 saturated heterocycles. The van der Waals surface area contributed by atoms with Gasteiger partial charge in [0.15, 0.2) is 0 Å². The zero-order valence-electron chi connectivity index (χ0n) is 7.42. The third kappa shape index (κ3) is 3.53. The Kier molecular flexibility index (Phi) is 6.01. The van der Waals surface area contributed by atoms with Crippen molar-refractivity contribution in [1.82, 2.24) is 4.98 Å². The van der Waals surface area contributed by atoms with E-state index in [0.717, 1.165) is 10.7 Å². The number of phenolic OH excluding ortho intramolecular Hbond substituents is 1. The number of rotatable bonds is 0. The summed E-state index contributed by atoms with van der Waals surface area (Å²) >= 11 is 0. The van der Waals surface area contributed by atoms with Crippen LogP contribution in [0, 0.1) is 10.1 Å². The SMILES string of the molecule is O=N[O-].Oc1cccc2cccnc12.[Cu]. The number of pyridine rings is 1. The minimum absolute atomic E-state index is 0. The molecule has 6 heteroatoms. The van der Waals surface area contributed by atoms with E-state index in [2.05, 4.69) is 4.98 Å². The molecule has 83 valence electrons. The van der Waals surface area contributed by atoms with Gasteiger partial charge in [0.05, 0.1) is 0 Å². The molecular formula is C9H7CuN2O3-. The van der Waals surface area contributed by atoms with Crippen molar-refractivity contribution < 1.29 is 22.2 Å². The third-order valence-electron chi connectivity index (χ3n) is 1.61. The first-order valence-electron chi connectivity index (χ1n) is 3.77. The fourth-order valence-electron chi connectivity index (χ4n) is 1.09. The average molecular weight is 255 g/mol. The number of hydrogen-bond donors (Lipinski definition) is 1. The van der Waals surface area contributed by atoms with Gasteiger partial charge in [-0.15, -0.1) is 5.34 Å². The molecule has 2 rings (SSSR count). The number of para-hydroxylation sites is 1. The predicted molar refractivity (Wildman–Crippen MR) is 52.6 cm³/mol. The van der Waals surface area contributed by atoms with Crippen LogP contribution < -0.4 is 0 Å². The molecule has 0 amide bonds. The van der Waals surface area contributed by atoms with Gasteiger partial charge in [-0.25, -0.2) is 0 Å². The minimum Gasteiger partial charge on any atom is -0.506 e. The number of benzene rings is 1. The van der Waals surface area contributed by atoms with Crippen LogP contribution in [0.3, 0.4) is 0 Å². The third-order valence-corrected chi connectivity index (χ3v) is 1.61. The van der Waals surface area contributed by atoms with E-state index in [-0.39, 0.29) is 22.8 Å². The van der Waals surface area contributed by atoms with Crippen molar-refractivity contribution in [3.63, 3.8) is 0 Å². The fraction of sp³-hybridized carbons (Fsp3) is 0. The van der Waals surface area contributed by atoms with Crippen LogP contribution >= 0.6 is 0 Å². The van der Waals surface area contributed by atoms with Gasteiger partial charge in [0.1, 0.15) is 11.3 Å². The van der Waals surface area contributed by atoms with Crippen LogP contribution in [0.5, 0.6) is 5.75 Å². The maximum Gasteiger partial charge on any atom is 0.141 e. The Balaban J connectivity index is 0.000000443. The summed E-state index contributed by atoms with van der Waals surface area (Å²) in [4.78, 5) is 12.0. The predicted octanol–water partition coefficient (Wildman–Crippen LogP) is 2.19. The summed E-state index contributed by atoms with van der Waals surface area (Å²) in [7, 11) is 0. The van der Waals surface area contributed by atoms with Crippen LogP contribution in [0.15, 0.2) is 41.9 Å². The first kappa shape index (κ1) is 13.3. The van der Waals surface area contributed by atoms with Gasteiger partial charge >= 0.3 is 0 Å². The number of phenols is 1. The molecule has 0 aliphatic rings. The molecule has 1 aromatic heterocycles. The molecule has 15 heavy (non-hydrogen) atoms. The quantitative estimate of drug-likeness (QED) is 0.444. The molecule has 0 saturated carbocycles. The van der Waals surface area contributed by atoms with Gasteiger partial charge in [0, 0.05) is 28.7 Å². The van der Waals surface area contributed by atoms with Crippen molar-refractivity contribution in [1.29, 1.82) is 0 Å². The van der Waals surface area contributed by atoms with Crippen LogP contribution in [0.1, 0.15) is 0 Å². The molecule has 0 aliphatic carbocycles. The van der Waals surface area contributed by atoms with Crippen LogP contribution in [-0.4, -0.2) is 10.1 Å². The summed E-state index contributed by atoms with van der Waals surface area (Å²) in [5, 5.41) is 19.3. The smallest absolute Gasteiger partial charge is 0.141 e. The Bertz CT molecular complexity index is 431. The minimum atomic E-state index is 0. The maximum atomic E-state index is 9.31.